The van der Waals surface area contributed by atoms with Crippen LogP contribution in [0.15, 0.2) is 48.5 Å². The van der Waals surface area contributed by atoms with E-state index >= 15 is 0 Å². The van der Waals surface area contributed by atoms with Crippen LogP contribution >= 0.6 is 0 Å². The minimum absolute atomic E-state index is 0.0246. The number of nitrogen functional groups attached to an aromatic ring is 1. The Morgan fingerprint density at radius 2 is 1.65 bits per heavy atom. The van der Waals surface area contributed by atoms with Crippen LogP contribution in [0, 0.1) is 6.92 Å². The number of benzene rings is 2. The van der Waals surface area contributed by atoms with Crippen LogP contribution in [0.25, 0.3) is 0 Å². The van der Waals surface area contributed by atoms with E-state index in [0.717, 1.165) is 17.7 Å². The Labute approximate surface area is 120 Å². The molecule has 0 atom stereocenters. The van der Waals surface area contributed by atoms with Gasteiger partial charge in [-0.3, -0.25) is 4.79 Å². The summed E-state index contributed by atoms with van der Waals surface area (Å²) in [5.41, 5.74) is 9.14. The van der Waals surface area contributed by atoms with Crippen molar-refractivity contribution in [1.82, 2.24) is 0 Å². The molecule has 2 aromatic rings. The van der Waals surface area contributed by atoms with Gasteiger partial charge in [-0.15, -0.1) is 0 Å². The van der Waals surface area contributed by atoms with Gasteiger partial charge >= 0.3 is 0 Å². The molecule has 0 bridgehead atoms. The number of hydrogen-bond acceptors (Lipinski definition) is 2. The highest BCUT2D eigenvalue weighted by molar-refractivity contribution is 6.06. The third-order valence-electron chi connectivity index (χ3n) is 3.20. The zero-order valence-corrected chi connectivity index (χ0v) is 12.0. The molecule has 0 saturated carbocycles. The van der Waals surface area contributed by atoms with E-state index in [1.165, 1.54) is 0 Å². The summed E-state index contributed by atoms with van der Waals surface area (Å²) in [4.78, 5) is 14.4. The van der Waals surface area contributed by atoms with E-state index in [1.54, 1.807) is 4.90 Å². The predicted molar refractivity (Wildman–Crippen MR) is 84.0 cm³/mol. The summed E-state index contributed by atoms with van der Waals surface area (Å²) in [5, 5.41) is 0. The number of aryl methyl sites for hydroxylation is 1. The topological polar surface area (TPSA) is 46.3 Å². The van der Waals surface area contributed by atoms with Crippen LogP contribution in [0.1, 0.15) is 29.3 Å². The van der Waals surface area contributed by atoms with E-state index in [1.807, 2.05) is 55.5 Å². The number of anilines is 2. The minimum Gasteiger partial charge on any atom is -0.399 e. The molecular formula is C17H20N2O. The summed E-state index contributed by atoms with van der Waals surface area (Å²) >= 11 is 0. The van der Waals surface area contributed by atoms with Gasteiger partial charge < -0.3 is 10.6 Å². The lowest BCUT2D eigenvalue weighted by molar-refractivity contribution is 0.0987. The van der Waals surface area contributed by atoms with Gasteiger partial charge in [0.2, 0.25) is 0 Å². The molecule has 2 N–H and O–H groups in total. The highest BCUT2D eigenvalue weighted by Crippen LogP contribution is 2.19. The lowest BCUT2D eigenvalue weighted by Crippen LogP contribution is -2.31. The highest BCUT2D eigenvalue weighted by atomic mass is 16.2. The van der Waals surface area contributed by atoms with Crippen molar-refractivity contribution in [2.45, 2.75) is 20.3 Å². The summed E-state index contributed by atoms with van der Waals surface area (Å²) in [7, 11) is 0. The Morgan fingerprint density at radius 1 is 1.05 bits per heavy atom. The lowest BCUT2D eigenvalue weighted by atomic mass is 10.1. The Balaban J connectivity index is 2.30. The standard InChI is InChI=1S/C17H20N2O/c1-3-12-19(16-10-8-15(18)9-11-16)17(20)14-6-4-13(2)5-7-14/h4-11H,3,12,18H2,1-2H3. The Bertz CT molecular complexity index is 573. The number of carbonyl (C=O) groups is 1. The van der Waals surface area contributed by atoms with Gasteiger partial charge in [0.05, 0.1) is 0 Å². The highest BCUT2D eigenvalue weighted by Gasteiger charge is 2.16. The van der Waals surface area contributed by atoms with Crippen LogP contribution < -0.4 is 10.6 Å². The average molecular weight is 268 g/mol. The summed E-state index contributed by atoms with van der Waals surface area (Å²) < 4.78 is 0. The largest absolute Gasteiger partial charge is 0.399 e. The Kier molecular flexibility index (Phi) is 4.41. The van der Waals surface area contributed by atoms with Gasteiger partial charge in [-0.2, -0.15) is 0 Å². The van der Waals surface area contributed by atoms with E-state index < -0.39 is 0 Å². The van der Waals surface area contributed by atoms with E-state index in [-0.39, 0.29) is 5.91 Å². The van der Waals surface area contributed by atoms with E-state index in [0.29, 0.717) is 17.8 Å². The van der Waals surface area contributed by atoms with Crippen LogP contribution in [0.5, 0.6) is 0 Å². The number of hydrogen-bond donors (Lipinski definition) is 1. The zero-order chi connectivity index (χ0) is 14.5. The zero-order valence-electron chi connectivity index (χ0n) is 12.0. The Morgan fingerprint density at radius 3 is 2.20 bits per heavy atom. The first kappa shape index (κ1) is 14.1. The second-order valence-corrected chi connectivity index (χ2v) is 4.91. The van der Waals surface area contributed by atoms with Crippen LogP contribution in [-0.4, -0.2) is 12.5 Å². The molecule has 0 aliphatic carbocycles. The minimum atomic E-state index is 0.0246. The molecule has 20 heavy (non-hydrogen) atoms. The number of carbonyl (C=O) groups excluding carboxylic acids is 1. The molecule has 2 aromatic carbocycles. The van der Waals surface area contributed by atoms with Crippen LogP contribution in [0.3, 0.4) is 0 Å². The van der Waals surface area contributed by atoms with Gasteiger partial charge in [-0.25, -0.2) is 0 Å². The fraction of sp³-hybridized carbons (Fsp3) is 0.235. The molecule has 3 heteroatoms. The quantitative estimate of drug-likeness (QED) is 0.861. The molecule has 0 unspecified atom stereocenters. The third-order valence-corrected chi connectivity index (χ3v) is 3.20. The number of rotatable bonds is 4. The number of amides is 1. The van der Waals surface area contributed by atoms with Crippen molar-refractivity contribution in [3.8, 4) is 0 Å². The molecular weight excluding hydrogens is 248 g/mol. The maximum absolute atomic E-state index is 12.6. The fourth-order valence-electron chi connectivity index (χ4n) is 2.08. The molecule has 0 saturated heterocycles. The Hall–Kier alpha value is -2.29. The van der Waals surface area contributed by atoms with Gasteiger partial charge in [0.15, 0.2) is 0 Å². The van der Waals surface area contributed by atoms with Crippen molar-refractivity contribution in [3.63, 3.8) is 0 Å². The van der Waals surface area contributed by atoms with Crippen molar-refractivity contribution in [2.75, 3.05) is 17.2 Å². The molecule has 0 fully saturated rings. The average Bonchev–Trinajstić information content (AvgIpc) is 2.46. The summed E-state index contributed by atoms with van der Waals surface area (Å²) in [5.74, 6) is 0.0246. The van der Waals surface area contributed by atoms with Gasteiger partial charge in [-0.1, -0.05) is 24.6 Å². The monoisotopic (exact) mass is 268 g/mol. The first-order chi connectivity index (χ1) is 9.61. The molecule has 0 aliphatic rings. The third kappa shape index (κ3) is 3.18. The molecule has 104 valence electrons. The van der Waals surface area contributed by atoms with Crippen LogP contribution in [0.4, 0.5) is 11.4 Å². The normalized spacial score (nSPS) is 10.3. The molecule has 2 rings (SSSR count). The fourth-order valence-corrected chi connectivity index (χ4v) is 2.08. The van der Waals surface area contributed by atoms with Crippen molar-refractivity contribution in [3.05, 3.63) is 59.7 Å². The molecule has 1 amide bonds. The predicted octanol–water partition coefficient (Wildman–Crippen LogP) is 3.63. The molecule has 0 aromatic heterocycles. The van der Waals surface area contributed by atoms with Crippen molar-refractivity contribution in [1.29, 1.82) is 0 Å². The van der Waals surface area contributed by atoms with Crippen molar-refractivity contribution in [2.24, 2.45) is 0 Å². The summed E-state index contributed by atoms with van der Waals surface area (Å²) in [6.07, 6.45) is 0.905. The van der Waals surface area contributed by atoms with Gasteiger partial charge in [0.1, 0.15) is 0 Å². The summed E-state index contributed by atoms with van der Waals surface area (Å²) in [6, 6.07) is 15.1. The van der Waals surface area contributed by atoms with Crippen molar-refractivity contribution >= 4 is 17.3 Å². The SMILES string of the molecule is CCCN(C(=O)c1ccc(C)cc1)c1ccc(N)cc1. The lowest BCUT2D eigenvalue weighted by Gasteiger charge is -2.22. The maximum atomic E-state index is 12.6. The van der Waals surface area contributed by atoms with E-state index in [9.17, 15) is 4.79 Å². The molecule has 0 spiro atoms. The first-order valence-electron chi connectivity index (χ1n) is 6.86. The van der Waals surface area contributed by atoms with Crippen molar-refractivity contribution < 1.29 is 4.79 Å². The van der Waals surface area contributed by atoms with E-state index in [2.05, 4.69) is 6.92 Å². The summed E-state index contributed by atoms with van der Waals surface area (Å²) in [6.45, 7) is 4.77. The second kappa shape index (κ2) is 6.24. The smallest absolute Gasteiger partial charge is 0.258 e. The molecule has 0 aliphatic heterocycles. The second-order valence-electron chi connectivity index (χ2n) is 4.91. The van der Waals surface area contributed by atoms with E-state index in [4.69, 9.17) is 5.73 Å². The molecule has 3 nitrogen and oxygen atoms in total. The first-order valence-corrected chi connectivity index (χ1v) is 6.86. The van der Waals surface area contributed by atoms with Crippen LogP contribution in [0.2, 0.25) is 0 Å². The van der Waals surface area contributed by atoms with Crippen LogP contribution in [-0.2, 0) is 0 Å². The van der Waals surface area contributed by atoms with Gasteiger partial charge in [0.25, 0.3) is 5.91 Å². The maximum Gasteiger partial charge on any atom is 0.258 e. The van der Waals surface area contributed by atoms with Gasteiger partial charge in [0, 0.05) is 23.5 Å². The molecule has 0 radical (unpaired) electrons. The molecule has 0 heterocycles. The number of nitrogens with zero attached hydrogens (tertiary/aromatic N) is 1. The number of nitrogens with two attached hydrogens (primary N) is 1. The van der Waals surface area contributed by atoms with Gasteiger partial charge in [-0.05, 0) is 49.7 Å².